The van der Waals surface area contributed by atoms with Crippen molar-refractivity contribution in [3.8, 4) is 5.88 Å². The van der Waals surface area contributed by atoms with Crippen LogP contribution in [0.3, 0.4) is 0 Å². The van der Waals surface area contributed by atoms with Crippen LogP contribution in [0.4, 0.5) is 5.82 Å². The topological polar surface area (TPSA) is 69.6 Å². The lowest BCUT2D eigenvalue weighted by molar-refractivity contribution is -0.0655. The van der Waals surface area contributed by atoms with Crippen molar-refractivity contribution in [2.24, 2.45) is 5.92 Å². The highest BCUT2D eigenvalue weighted by atomic mass is 16.5. The lowest BCUT2D eigenvalue weighted by atomic mass is 9.81. The summed E-state index contributed by atoms with van der Waals surface area (Å²) in [4.78, 5) is 14.7. The number of aromatic nitrogens is 3. The first-order chi connectivity index (χ1) is 12.3. The summed E-state index contributed by atoms with van der Waals surface area (Å²) in [6, 6.07) is 5.82. The molecule has 0 saturated carbocycles. The van der Waals surface area contributed by atoms with Gasteiger partial charge >= 0.3 is 0 Å². The molecule has 0 N–H and O–H groups in total. The monoisotopic (exact) mass is 342 g/mol. The lowest BCUT2D eigenvalue weighted by Gasteiger charge is -2.50. The zero-order chi connectivity index (χ0) is 17.1. The van der Waals surface area contributed by atoms with E-state index in [0.29, 0.717) is 25.0 Å². The highest BCUT2D eigenvalue weighted by Crippen LogP contribution is 2.41. The summed E-state index contributed by atoms with van der Waals surface area (Å²) in [5, 5.41) is 0. The van der Waals surface area contributed by atoms with Crippen molar-refractivity contribution in [2.45, 2.75) is 18.6 Å². The van der Waals surface area contributed by atoms with E-state index < -0.39 is 0 Å². The van der Waals surface area contributed by atoms with Crippen LogP contribution in [0.5, 0.6) is 5.88 Å². The molecular formula is C18H22N4O3. The molecule has 0 aliphatic carbocycles. The van der Waals surface area contributed by atoms with Gasteiger partial charge in [-0.25, -0.2) is 9.97 Å². The minimum Gasteiger partial charge on any atom is -0.481 e. The Bertz CT molecular complexity index is 706. The first-order valence-corrected chi connectivity index (χ1v) is 8.51. The maximum Gasteiger partial charge on any atom is 0.218 e. The molecule has 2 aromatic heterocycles. The van der Waals surface area contributed by atoms with Crippen molar-refractivity contribution in [1.82, 2.24) is 15.0 Å². The number of hydrogen-bond donors (Lipinski definition) is 0. The number of hydrogen-bond acceptors (Lipinski definition) is 7. The van der Waals surface area contributed by atoms with Gasteiger partial charge in [0, 0.05) is 31.0 Å². The summed E-state index contributed by atoms with van der Waals surface area (Å²) in [7, 11) is 1.61. The van der Waals surface area contributed by atoms with Gasteiger partial charge in [0.2, 0.25) is 5.88 Å². The van der Waals surface area contributed by atoms with Crippen LogP contribution in [-0.2, 0) is 16.1 Å². The summed E-state index contributed by atoms with van der Waals surface area (Å²) in [6.45, 7) is 3.74. The van der Waals surface area contributed by atoms with E-state index in [1.807, 2.05) is 24.4 Å². The van der Waals surface area contributed by atoms with Crippen LogP contribution in [0.15, 0.2) is 36.9 Å². The fraction of sp³-hybridized carbons (Fsp3) is 0.500. The van der Waals surface area contributed by atoms with Gasteiger partial charge in [0.15, 0.2) is 0 Å². The average Bonchev–Trinajstić information content (AvgIpc) is 3.05. The molecule has 7 heteroatoms. The quantitative estimate of drug-likeness (QED) is 0.791. The van der Waals surface area contributed by atoms with Crippen LogP contribution in [0.2, 0.25) is 0 Å². The Hall–Kier alpha value is -2.25. The summed E-state index contributed by atoms with van der Waals surface area (Å²) in [6.07, 6.45) is 6.18. The van der Waals surface area contributed by atoms with Crippen molar-refractivity contribution in [3.63, 3.8) is 0 Å². The van der Waals surface area contributed by atoms with Crippen LogP contribution < -0.4 is 9.64 Å². The van der Waals surface area contributed by atoms with E-state index in [1.165, 1.54) is 6.33 Å². The van der Waals surface area contributed by atoms with Crippen LogP contribution in [0.25, 0.3) is 0 Å². The molecule has 7 nitrogen and oxygen atoms in total. The van der Waals surface area contributed by atoms with Gasteiger partial charge in [-0.15, -0.1) is 0 Å². The normalized spacial score (nSPS) is 21.3. The van der Waals surface area contributed by atoms with Gasteiger partial charge in [-0.1, -0.05) is 6.07 Å². The zero-order valence-electron chi connectivity index (χ0n) is 14.3. The second-order valence-corrected chi connectivity index (χ2v) is 6.55. The van der Waals surface area contributed by atoms with E-state index >= 15 is 0 Å². The molecule has 0 aromatic carbocycles. The second-order valence-electron chi connectivity index (χ2n) is 6.55. The van der Waals surface area contributed by atoms with E-state index in [4.69, 9.17) is 14.2 Å². The molecule has 0 bridgehead atoms. The molecule has 2 fully saturated rings. The maximum absolute atomic E-state index is 6.09. The minimum absolute atomic E-state index is 0.118. The second kappa shape index (κ2) is 6.93. The molecule has 0 amide bonds. The molecule has 2 aliphatic rings. The molecular weight excluding hydrogens is 320 g/mol. The molecule has 2 saturated heterocycles. The van der Waals surface area contributed by atoms with Gasteiger partial charge in [-0.05, 0) is 18.1 Å². The largest absolute Gasteiger partial charge is 0.481 e. The van der Waals surface area contributed by atoms with Gasteiger partial charge in [0.1, 0.15) is 17.7 Å². The molecule has 0 radical (unpaired) electrons. The first-order valence-electron chi connectivity index (χ1n) is 8.51. The lowest BCUT2D eigenvalue weighted by Crippen LogP contribution is -2.65. The van der Waals surface area contributed by atoms with Gasteiger partial charge in [-0.3, -0.25) is 4.98 Å². The van der Waals surface area contributed by atoms with E-state index in [-0.39, 0.29) is 5.60 Å². The fourth-order valence-corrected chi connectivity index (χ4v) is 3.55. The summed E-state index contributed by atoms with van der Waals surface area (Å²) < 4.78 is 17.2. The van der Waals surface area contributed by atoms with E-state index in [0.717, 1.165) is 37.5 Å². The first kappa shape index (κ1) is 16.2. The van der Waals surface area contributed by atoms with Gasteiger partial charge in [-0.2, -0.15) is 0 Å². The molecule has 1 spiro atoms. The Labute approximate surface area is 147 Å². The predicted molar refractivity (Wildman–Crippen MR) is 91.5 cm³/mol. The molecule has 2 aliphatic heterocycles. The smallest absolute Gasteiger partial charge is 0.218 e. The molecule has 4 rings (SSSR count). The van der Waals surface area contributed by atoms with Gasteiger partial charge < -0.3 is 19.1 Å². The van der Waals surface area contributed by atoms with Crippen molar-refractivity contribution < 1.29 is 14.2 Å². The molecule has 4 heterocycles. The minimum atomic E-state index is -0.118. The van der Waals surface area contributed by atoms with Crippen molar-refractivity contribution in [2.75, 3.05) is 38.3 Å². The van der Waals surface area contributed by atoms with E-state index in [2.05, 4.69) is 19.9 Å². The number of pyridine rings is 1. The van der Waals surface area contributed by atoms with E-state index in [1.54, 1.807) is 13.3 Å². The highest BCUT2D eigenvalue weighted by Gasteiger charge is 2.53. The highest BCUT2D eigenvalue weighted by molar-refractivity contribution is 5.46. The average molecular weight is 342 g/mol. The molecule has 1 atom stereocenters. The fourth-order valence-electron chi connectivity index (χ4n) is 3.55. The van der Waals surface area contributed by atoms with Gasteiger partial charge in [0.05, 0.1) is 33.4 Å². The van der Waals surface area contributed by atoms with Crippen LogP contribution in [-0.4, -0.2) is 54.0 Å². The zero-order valence-corrected chi connectivity index (χ0v) is 14.3. The Morgan fingerprint density at radius 2 is 2.28 bits per heavy atom. The van der Waals surface area contributed by atoms with E-state index in [9.17, 15) is 0 Å². The van der Waals surface area contributed by atoms with Crippen molar-refractivity contribution in [3.05, 3.63) is 42.5 Å². The molecule has 25 heavy (non-hydrogen) atoms. The summed E-state index contributed by atoms with van der Waals surface area (Å²) >= 11 is 0. The number of ether oxygens (including phenoxy) is 3. The number of anilines is 1. The number of rotatable bonds is 6. The SMILES string of the molecule is COc1cc(N2CC3(C2)OCC[C@@H]3COCc2cccnc2)ncn1. The number of nitrogens with zero attached hydrogens (tertiary/aromatic N) is 4. The standard InChI is InChI=1S/C18H22N4O3/c1-23-17-7-16(20-13-21-17)22-11-18(12-22)15(4-6-25-18)10-24-9-14-3-2-5-19-8-14/h2-3,5,7-8,13,15H,4,6,9-12H2,1H3/t15-/m1/s1. The Kier molecular flexibility index (Phi) is 4.50. The van der Waals surface area contributed by atoms with Crippen LogP contribution in [0, 0.1) is 5.92 Å². The van der Waals surface area contributed by atoms with Crippen molar-refractivity contribution >= 4 is 5.82 Å². The van der Waals surface area contributed by atoms with Crippen molar-refractivity contribution in [1.29, 1.82) is 0 Å². The van der Waals surface area contributed by atoms with Gasteiger partial charge in [0.25, 0.3) is 0 Å². The third-order valence-corrected chi connectivity index (χ3v) is 4.99. The summed E-state index contributed by atoms with van der Waals surface area (Å²) in [5.41, 5.74) is 0.978. The molecule has 132 valence electrons. The summed E-state index contributed by atoms with van der Waals surface area (Å²) in [5.74, 6) is 1.86. The molecule has 0 unspecified atom stereocenters. The number of methoxy groups -OCH3 is 1. The van der Waals surface area contributed by atoms with Crippen LogP contribution in [0.1, 0.15) is 12.0 Å². The third-order valence-electron chi connectivity index (χ3n) is 4.99. The Balaban J connectivity index is 1.33. The Morgan fingerprint density at radius 3 is 3.08 bits per heavy atom. The van der Waals surface area contributed by atoms with Crippen LogP contribution >= 0.6 is 0 Å². The third kappa shape index (κ3) is 3.29. The maximum atomic E-state index is 6.09. The molecule has 2 aromatic rings. The predicted octanol–water partition coefficient (Wildman–Crippen LogP) is 1.69. The Morgan fingerprint density at radius 1 is 1.36 bits per heavy atom.